The van der Waals surface area contributed by atoms with E-state index in [2.05, 4.69) is 15.0 Å². The second kappa shape index (κ2) is 9.05. The summed E-state index contributed by atoms with van der Waals surface area (Å²) < 4.78 is 46.1. The molecule has 0 aliphatic rings. The summed E-state index contributed by atoms with van der Waals surface area (Å²) in [5.74, 6) is 0.543. The van der Waals surface area contributed by atoms with Crippen LogP contribution >= 0.6 is 11.6 Å². The van der Waals surface area contributed by atoms with E-state index in [1.165, 1.54) is 6.20 Å². The molecule has 142 valence electrons. The molecule has 5 nitrogen and oxygen atoms in total. The molecular weight excluding hydrogens is 373 g/mol. The van der Waals surface area contributed by atoms with Gasteiger partial charge in [-0.15, -0.1) is 0 Å². The van der Waals surface area contributed by atoms with Gasteiger partial charge in [0.1, 0.15) is 6.61 Å². The largest absolute Gasteiger partial charge is 0.441 e. The lowest BCUT2D eigenvalue weighted by Gasteiger charge is -2.14. The number of hydrogen-bond acceptors (Lipinski definition) is 4. The molecule has 1 amide bonds. The van der Waals surface area contributed by atoms with Crippen LogP contribution in [0, 0.1) is 0 Å². The van der Waals surface area contributed by atoms with Gasteiger partial charge in [0.2, 0.25) is 5.91 Å². The number of benzene rings is 1. The van der Waals surface area contributed by atoms with Crippen LogP contribution in [0.15, 0.2) is 34.9 Å². The molecule has 1 unspecified atom stereocenters. The van der Waals surface area contributed by atoms with Crippen molar-refractivity contribution in [3.8, 4) is 11.3 Å². The van der Waals surface area contributed by atoms with Crippen LogP contribution in [0.25, 0.3) is 11.3 Å². The van der Waals surface area contributed by atoms with Gasteiger partial charge in [-0.25, -0.2) is 4.98 Å². The Morgan fingerprint density at radius 3 is 2.81 bits per heavy atom. The van der Waals surface area contributed by atoms with E-state index in [1.54, 1.807) is 25.1 Å². The molecule has 0 fully saturated rings. The van der Waals surface area contributed by atoms with Crippen molar-refractivity contribution in [2.45, 2.75) is 32.0 Å². The Morgan fingerprint density at radius 2 is 2.12 bits per heavy atom. The van der Waals surface area contributed by atoms with Crippen LogP contribution < -0.4 is 5.32 Å². The molecule has 1 heterocycles. The van der Waals surface area contributed by atoms with Crippen molar-refractivity contribution < 1.29 is 27.1 Å². The van der Waals surface area contributed by atoms with Crippen LogP contribution in [-0.4, -0.2) is 36.3 Å². The molecule has 2 rings (SSSR count). The molecule has 1 aromatic heterocycles. The van der Waals surface area contributed by atoms with Crippen LogP contribution in [0.4, 0.5) is 13.2 Å². The Labute approximate surface area is 153 Å². The number of oxazole rings is 1. The van der Waals surface area contributed by atoms with Gasteiger partial charge in [0.05, 0.1) is 17.8 Å². The zero-order chi connectivity index (χ0) is 19.2. The van der Waals surface area contributed by atoms with Crippen molar-refractivity contribution in [2.24, 2.45) is 0 Å². The Kier molecular flexibility index (Phi) is 7.05. The number of aryl methyl sites for hydroxylation is 1. The highest BCUT2D eigenvalue weighted by atomic mass is 35.5. The molecule has 1 atom stereocenters. The van der Waals surface area contributed by atoms with E-state index in [-0.39, 0.29) is 25.4 Å². The molecule has 0 saturated carbocycles. The number of carbonyl (C=O) groups excluding carboxylic acids is 1. The molecule has 1 aromatic carbocycles. The van der Waals surface area contributed by atoms with Gasteiger partial charge < -0.3 is 14.5 Å². The summed E-state index contributed by atoms with van der Waals surface area (Å²) in [5.41, 5.74) is 0.702. The minimum absolute atomic E-state index is 0.0894. The van der Waals surface area contributed by atoms with Gasteiger partial charge in [-0.2, -0.15) is 13.2 Å². The molecule has 0 aliphatic heterocycles. The second-order valence-electron chi connectivity index (χ2n) is 5.70. The van der Waals surface area contributed by atoms with Crippen LogP contribution in [0.1, 0.15) is 19.2 Å². The number of amides is 1. The van der Waals surface area contributed by atoms with Gasteiger partial charge in [-0.1, -0.05) is 23.7 Å². The van der Waals surface area contributed by atoms with E-state index in [0.717, 1.165) is 0 Å². The third-order valence-electron chi connectivity index (χ3n) is 3.30. The van der Waals surface area contributed by atoms with Gasteiger partial charge in [0.25, 0.3) is 0 Å². The number of halogens is 4. The zero-order valence-corrected chi connectivity index (χ0v) is 14.7. The summed E-state index contributed by atoms with van der Waals surface area (Å²) in [7, 11) is 0. The van der Waals surface area contributed by atoms with E-state index < -0.39 is 18.8 Å². The summed E-state index contributed by atoms with van der Waals surface area (Å²) in [4.78, 5) is 15.9. The molecule has 0 bridgehead atoms. The number of nitrogens with zero attached hydrogens (tertiary/aromatic N) is 1. The van der Waals surface area contributed by atoms with Crippen molar-refractivity contribution in [1.82, 2.24) is 10.3 Å². The maximum absolute atomic E-state index is 12.0. The molecule has 0 radical (unpaired) electrons. The third-order valence-corrected chi connectivity index (χ3v) is 3.63. The summed E-state index contributed by atoms with van der Waals surface area (Å²) in [6.45, 7) is 0.00415. The lowest BCUT2D eigenvalue weighted by molar-refractivity contribution is -0.175. The highest BCUT2D eigenvalue weighted by Crippen LogP contribution is 2.28. The quantitative estimate of drug-likeness (QED) is 0.739. The lowest BCUT2D eigenvalue weighted by atomic mass is 10.2. The summed E-state index contributed by atoms with van der Waals surface area (Å²) in [6.07, 6.45) is -2.51. The van der Waals surface area contributed by atoms with Gasteiger partial charge in [-0.3, -0.25) is 4.79 Å². The molecule has 0 saturated heterocycles. The van der Waals surface area contributed by atoms with E-state index >= 15 is 0 Å². The summed E-state index contributed by atoms with van der Waals surface area (Å²) in [6, 6.07) is 6.61. The molecule has 1 N–H and O–H groups in total. The van der Waals surface area contributed by atoms with Gasteiger partial charge in [0.15, 0.2) is 11.7 Å². The SMILES string of the molecule is CC(COCC(F)(F)F)NC(=O)CCc1ncc(-c2ccccc2Cl)o1. The third kappa shape index (κ3) is 6.68. The van der Waals surface area contributed by atoms with Crippen LogP contribution in [0.2, 0.25) is 5.02 Å². The monoisotopic (exact) mass is 390 g/mol. The standard InChI is InChI=1S/C17H18ClF3N2O3/c1-11(9-25-10-17(19,20)21)23-15(24)6-7-16-22-8-14(26-16)12-4-2-3-5-13(12)18/h2-5,8,11H,6-7,9-10H2,1H3,(H,23,24). The van der Waals surface area contributed by atoms with Crippen LogP contribution in [-0.2, 0) is 16.0 Å². The fraction of sp³-hybridized carbons (Fsp3) is 0.412. The number of aromatic nitrogens is 1. The van der Waals surface area contributed by atoms with Crippen molar-refractivity contribution in [1.29, 1.82) is 0 Å². The maximum Gasteiger partial charge on any atom is 0.411 e. The normalized spacial score (nSPS) is 12.8. The molecule has 2 aromatic rings. The minimum Gasteiger partial charge on any atom is -0.441 e. The second-order valence-corrected chi connectivity index (χ2v) is 6.10. The van der Waals surface area contributed by atoms with Gasteiger partial charge in [0, 0.05) is 24.4 Å². The highest BCUT2D eigenvalue weighted by Gasteiger charge is 2.27. The average Bonchev–Trinajstić information content (AvgIpc) is 3.01. The Balaban J connectivity index is 1.77. The minimum atomic E-state index is -4.38. The van der Waals surface area contributed by atoms with Crippen LogP contribution in [0.3, 0.4) is 0 Å². The number of rotatable bonds is 8. The topological polar surface area (TPSA) is 64.4 Å². The highest BCUT2D eigenvalue weighted by molar-refractivity contribution is 6.33. The van der Waals surface area contributed by atoms with E-state index in [0.29, 0.717) is 22.2 Å². The Morgan fingerprint density at radius 1 is 1.38 bits per heavy atom. The number of carbonyl (C=O) groups is 1. The Hall–Kier alpha value is -2.06. The maximum atomic E-state index is 12.0. The first kappa shape index (κ1) is 20.3. The van der Waals surface area contributed by atoms with Crippen molar-refractivity contribution in [2.75, 3.05) is 13.2 Å². The van der Waals surface area contributed by atoms with E-state index in [4.69, 9.17) is 16.0 Å². The number of ether oxygens (including phenoxy) is 1. The van der Waals surface area contributed by atoms with Crippen LogP contribution in [0.5, 0.6) is 0 Å². The summed E-state index contributed by atoms with van der Waals surface area (Å²) in [5, 5.41) is 3.09. The zero-order valence-electron chi connectivity index (χ0n) is 14.0. The number of alkyl halides is 3. The first-order valence-electron chi connectivity index (χ1n) is 7.88. The van der Waals surface area contributed by atoms with Crippen molar-refractivity contribution in [3.05, 3.63) is 41.4 Å². The average molecular weight is 391 g/mol. The first-order valence-corrected chi connectivity index (χ1v) is 8.26. The molecule has 26 heavy (non-hydrogen) atoms. The van der Waals surface area contributed by atoms with E-state index in [9.17, 15) is 18.0 Å². The molecule has 0 aliphatic carbocycles. The lowest BCUT2D eigenvalue weighted by Crippen LogP contribution is -2.37. The van der Waals surface area contributed by atoms with Crippen molar-refractivity contribution in [3.63, 3.8) is 0 Å². The molecule has 0 spiro atoms. The molecular formula is C17H18ClF3N2O3. The van der Waals surface area contributed by atoms with E-state index in [1.807, 2.05) is 6.07 Å². The predicted octanol–water partition coefficient (Wildman–Crippen LogP) is 4.01. The van der Waals surface area contributed by atoms with Gasteiger partial charge in [-0.05, 0) is 19.1 Å². The van der Waals surface area contributed by atoms with Gasteiger partial charge >= 0.3 is 6.18 Å². The molecule has 9 heteroatoms. The van der Waals surface area contributed by atoms with Crippen molar-refractivity contribution >= 4 is 17.5 Å². The fourth-order valence-electron chi connectivity index (χ4n) is 2.17. The number of nitrogens with one attached hydrogen (secondary N) is 1. The number of hydrogen-bond donors (Lipinski definition) is 1. The summed E-state index contributed by atoms with van der Waals surface area (Å²) >= 11 is 6.09. The smallest absolute Gasteiger partial charge is 0.411 e. The fourth-order valence-corrected chi connectivity index (χ4v) is 2.40. The predicted molar refractivity (Wildman–Crippen MR) is 89.7 cm³/mol. The first-order chi connectivity index (χ1) is 12.2. The Bertz CT molecular complexity index is 734.